The summed E-state index contributed by atoms with van der Waals surface area (Å²) in [5, 5.41) is 7.46. The van der Waals surface area contributed by atoms with Gasteiger partial charge < -0.3 is 15.4 Å². The van der Waals surface area contributed by atoms with Gasteiger partial charge in [-0.1, -0.05) is 45.0 Å². The second-order valence-electron chi connectivity index (χ2n) is 7.62. The van der Waals surface area contributed by atoms with Gasteiger partial charge in [-0.2, -0.15) is 0 Å². The molecule has 2 aromatic carbocycles. The van der Waals surface area contributed by atoms with E-state index in [9.17, 15) is 9.59 Å². The fraction of sp³-hybridized carbons (Fsp3) is 0.217. The van der Waals surface area contributed by atoms with Crippen LogP contribution in [0.4, 0.5) is 11.4 Å². The molecule has 2 N–H and O–H groups in total. The van der Waals surface area contributed by atoms with Crippen molar-refractivity contribution in [2.24, 2.45) is 0 Å². The van der Waals surface area contributed by atoms with Crippen molar-refractivity contribution >= 4 is 34.5 Å². The highest BCUT2D eigenvalue weighted by Gasteiger charge is 2.13. The van der Waals surface area contributed by atoms with E-state index < -0.39 is 0 Å². The number of nitrogens with one attached hydrogen (secondary N) is 2. The van der Waals surface area contributed by atoms with E-state index >= 15 is 0 Å². The maximum atomic E-state index is 12.2. The number of rotatable bonds is 6. The summed E-state index contributed by atoms with van der Waals surface area (Å²) in [5.41, 5.74) is 2.47. The molecule has 3 aromatic rings. The molecule has 0 radical (unpaired) electrons. The molecule has 5 nitrogen and oxygen atoms in total. The number of thiophene rings is 1. The molecule has 0 atom stereocenters. The van der Waals surface area contributed by atoms with Crippen molar-refractivity contribution in [1.82, 2.24) is 0 Å². The van der Waals surface area contributed by atoms with E-state index in [0.717, 1.165) is 0 Å². The fourth-order valence-corrected chi connectivity index (χ4v) is 3.29. The number of carbonyl (C=O) groups excluding carboxylic acids is 2. The Bertz CT molecular complexity index is 974. The van der Waals surface area contributed by atoms with Gasteiger partial charge in [0.1, 0.15) is 5.75 Å². The Morgan fingerprint density at radius 2 is 1.62 bits per heavy atom. The molecule has 0 spiro atoms. The van der Waals surface area contributed by atoms with E-state index in [-0.39, 0.29) is 23.8 Å². The minimum Gasteiger partial charge on any atom is -0.484 e. The van der Waals surface area contributed by atoms with Crippen molar-refractivity contribution in [3.05, 3.63) is 76.5 Å². The van der Waals surface area contributed by atoms with Crippen LogP contribution in [-0.2, 0) is 10.2 Å². The SMILES string of the molecule is CC(C)(C)c1ccc(OCC(=O)Nc2cccc(NC(=O)c3cccs3)c2)cc1. The lowest BCUT2D eigenvalue weighted by Crippen LogP contribution is -2.20. The molecule has 0 fully saturated rings. The van der Waals surface area contributed by atoms with Crippen molar-refractivity contribution in [2.45, 2.75) is 26.2 Å². The summed E-state index contributed by atoms with van der Waals surface area (Å²) in [4.78, 5) is 25.0. The van der Waals surface area contributed by atoms with Crippen LogP contribution in [0.2, 0.25) is 0 Å². The summed E-state index contributed by atoms with van der Waals surface area (Å²) in [6.07, 6.45) is 0. The number of benzene rings is 2. The number of hydrogen-bond acceptors (Lipinski definition) is 4. The van der Waals surface area contributed by atoms with E-state index in [4.69, 9.17) is 4.74 Å². The van der Waals surface area contributed by atoms with Crippen molar-refractivity contribution in [3.63, 3.8) is 0 Å². The van der Waals surface area contributed by atoms with Crippen LogP contribution in [0.3, 0.4) is 0 Å². The summed E-state index contributed by atoms with van der Waals surface area (Å²) >= 11 is 1.37. The molecule has 1 heterocycles. The molecule has 0 bridgehead atoms. The average molecular weight is 409 g/mol. The number of hydrogen-bond donors (Lipinski definition) is 2. The Morgan fingerprint density at radius 1 is 0.931 bits per heavy atom. The van der Waals surface area contributed by atoms with Gasteiger partial charge in [-0.3, -0.25) is 9.59 Å². The average Bonchev–Trinajstić information content (AvgIpc) is 3.21. The van der Waals surface area contributed by atoms with Gasteiger partial charge in [-0.15, -0.1) is 11.3 Å². The molecule has 2 amide bonds. The van der Waals surface area contributed by atoms with Crippen LogP contribution < -0.4 is 15.4 Å². The monoisotopic (exact) mass is 408 g/mol. The standard InChI is InChI=1S/C23H24N2O3S/c1-23(2,3)16-9-11-19(12-10-16)28-15-21(26)24-17-6-4-7-18(14-17)25-22(27)20-8-5-13-29-20/h4-14H,15H2,1-3H3,(H,24,26)(H,25,27). The van der Waals surface area contributed by atoms with E-state index in [1.807, 2.05) is 35.7 Å². The molecule has 0 unspecified atom stereocenters. The Balaban J connectivity index is 1.53. The van der Waals surface area contributed by atoms with Crippen LogP contribution in [0, 0.1) is 0 Å². The van der Waals surface area contributed by atoms with Crippen LogP contribution in [0.15, 0.2) is 66.0 Å². The third-order valence-corrected chi connectivity index (χ3v) is 5.11. The van der Waals surface area contributed by atoms with Gasteiger partial charge in [0.15, 0.2) is 6.61 Å². The Labute approximate surface area is 174 Å². The molecular weight excluding hydrogens is 384 g/mol. The molecule has 3 rings (SSSR count). The second kappa shape index (κ2) is 8.92. The first-order chi connectivity index (χ1) is 13.8. The highest BCUT2D eigenvalue weighted by atomic mass is 32.1. The molecule has 6 heteroatoms. The Kier molecular flexibility index (Phi) is 6.34. The van der Waals surface area contributed by atoms with Gasteiger partial charge in [0.05, 0.1) is 4.88 Å². The van der Waals surface area contributed by atoms with Crippen molar-refractivity contribution in [3.8, 4) is 5.75 Å². The maximum absolute atomic E-state index is 12.2. The molecule has 0 aliphatic carbocycles. The third-order valence-electron chi connectivity index (χ3n) is 4.24. The molecular formula is C23H24N2O3S. The van der Waals surface area contributed by atoms with Crippen LogP contribution in [0.1, 0.15) is 36.0 Å². The van der Waals surface area contributed by atoms with E-state index in [0.29, 0.717) is 22.0 Å². The summed E-state index contributed by atoms with van der Waals surface area (Å²) in [6, 6.07) is 18.4. The molecule has 0 aliphatic rings. The van der Waals surface area contributed by atoms with Crippen LogP contribution >= 0.6 is 11.3 Å². The number of ether oxygens (including phenoxy) is 1. The van der Waals surface area contributed by atoms with E-state index in [1.54, 1.807) is 30.3 Å². The first-order valence-corrected chi connectivity index (χ1v) is 10.2. The normalized spacial score (nSPS) is 11.0. The largest absolute Gasteiger partial charge is 0.484 e. The highest BCUT2D eigenvalue weighted by molar-refractivity contribution is 7.12. The first kappa shape index (κ1) is 20.6. The fourth-order valence-electron chi connectivity index (χ4n) is 2.67. The maximum Gasteiger partial charge on any atom is 0.265 e. The van der Waals surface area contributed by atoms with Crippen LogP contribution in [-0.4, -0.2) is 18.4 Å². The molecule has 0 saturated carbocycles. The number of carbonyl (C=O) groups is 2. The molecule has 1 aromatic heterocycles. The molecule has 150 valence electrons. The van der Waals surface area contributed by atoms with Gasteiger partial charge in [0.2, 0.25) is 0 Å². The summed E-state index contributed by atoms with van der Waals surface area (Å²) in [5.74, 6) is 0.197. The van der Waals surface area contributed by atoms with Crippen molar-refractivity contribution < 1.29 is 14.3 Å². The van der Waals surface area contributed by atoms with E-state index in [1.165, 1.54) is 16.9 Å². The summed E-state index contributed by atoms with van der Waals surface area (Å²) in [7, 11) is 0. The smallest absolute Gasteiger partial charge is 0.265 e. The van der Waals surface area contributed by atoms with Crippen LogP contribution in [0.5, 0.6) is 5.75 Å². The zero-order valence-electron chi connectivity index (χ0n) is 16.7. The predicted molar refractivity (Wildman–Crippen MR) is 118 cm³/mol. The predicted octanol–water partition coefficient (Wildman–Crippen LogP) is 5.32. The van der Waals surface area contributed by atoms with Gasteiger partial charge in [0, 0.05) is 11.4 Å². The van der Waals surface area contributed by atoms with E-state index in [2.05, 4.69) is 31.4 Å². The zero-order chi connectivity index (χ0) is 20.9. The zero-order valence-corrected chi connectivity index (χ0v) is 17.5. The number of amides is 2. The lowest BCUT2D eigenvalue weighted by Gasteiger charge is -2.19. The van der Waals surface area contributed by atoms with Crippen LogP contribution in [0.25, 0.3) is 0 Å². The van der Waals surface area contributed by atoms with Gasteiger partial charge >= 0.3 is 0 Å². The first-order valence-electron chi connectivity index (χ1n) is 9.29. The van der Waals surface area contributed by atoms with Gasteiger partial charge in [-0.05, 0) is 52.8 Å². The Hall–Kier alpha value is -3.12. The van der Waals surface area contributed by atoms with Gasteiger partial charge in [0.25, 0.3) is 11.8 Å². The quantitative estimate of drug-likeness (QED) is 0.580. The lowest BCUT2D eigenvalue weighted by atomic mass is 9.87. The van der Waals surface area contributed by atoms with Crippen molar-refractivity contribution in [1.29, 1.82) is 0 Å². The molecule has 0 saturated heterocycles. The molecule has 0 aliphatic heterocycles. The summed E-state index contributed by atoms with van der Waals surface area (Å²) in [6.45, 7) is 6.34. The highest BCUT2D eigenvalue weighted by Crippen LogP contribution is 2.24. The minimum absolute atomic E-state index is 0.0693. The Morgan fingerprint density at radius 3 is 2.24 bits per heavy atom. The minimum atomic E-state index is -0.272. The molecule has 29 heavy (non-hydrogen) atoms. The van der Waals surface area contributed by atoms with Gasteiger partial charge in [-0.25, -0.2) is 0 Å². The lowest BCUT2D eigenvalue weighted by molar-refractivity contribution is -0.118. The summed E-state index contributed by atoms with van der Waals surface area (Å²) < 4.78 is 5.57. The van der Waals surface area contributed by atoms with Crippen molar-refractivity contribution in [2.75, 3.05) is 17.2 Å². The number of anilines is 2. The third kappa shape index (κ3) is 5.93. The second-order valence-corrected chi connectivity index (χ2v) is 8.57. The topological polar surface area (TPSA) is 67.4 Å².